The van der Waals surface area contributed by atoms with Gasteiger partial charge in [0.2, 0.25) is 0 Å². The maximum Gasteiger partial charge on any atom is 0.256 e. The summed E-state index contributed by atoms with van der Waals surface area (Å²) in [5.74, 6) is 0.246. The van der Waals surface area contributed by atoms with Crippen LogP contribution in [-0.4, -0.2) is 31.1 Å². The molecule has 0 spiro atoms. The normalized spacial score (nSPS) is 19.4. The van der Waals surface area contributed by atoms with Crippen molar-refractivity contribution in [2.24, 2.45) is 0 Å². The number of sulfone groups is 1. The first-order valence-corrected chi connectivity index (χ1v) is 10.1. The van der Waals surface area contributed by atoms with E-state index in [1.54, 1.807) is 6.07 Å². The van der Waals surface area contributed by atoms with E-state index in [0.29, 0.717) is 12.0 Å². The summed E-state index contributed by atoms with van der Waals surface area (Å²) in [6.45, 7) is 0. The molecule has 3 rings (SSSR count). The summed E-state index contributed by atoms with van der Waals surface area (Å²) in [5, 5.41) is 2.89. The molecule has 4 nitrogen and oxygen atoms in total. The second-order valence-electron chi connectivity index (χ2n) is 5.46. The second-order valence-corrected chi connectivity index (χ2v) is 9.03. The molecule has 1 aliphatic rings. The smallest absolute Gasteiger partial charge is 0.256 e. The van der Waals surface area contributed by atoms with E-state index in [2.05, 4.69) is 5.32 Å². The third-order valence-electron chi connectivity index (χ3n) is 3.65. The lowest BCUT2D eigenvalue weighted by Crippen LogP contribution is -2.14. The number of nitrogens with one attached hydrogen (secondary N) is 1. The number of carbonyl (C=O) groups is 1. The van der Waals surface area contributed by atoms with E-state index in [1.807, 2.05) is 48.5 Å². The number of amides is 1. The molecule has 1 saturated heterocycles. The lowest BCUT2D eigenvalue weighted by molar-refractivity contribution is 0.102. The van der Waals surface area contributed by atoms with Gasteiger partial charge in [0.05, 0.1) is 17.1 Å². The largest absolute Gasteiger partial charge is 0.322 e. The highest BCUT2D eigenvalue weighted by atomic mass is 32.2. The Hall–Kier alpha value is -1.79. The van der Waals surface area contributed by atoms with E-state index >= 15 is 0 Å². The molecule has 2 aromatic rings. The van der Waals surface area contributed by atoms with Gasteiger partial charge in [-0.1, -0.05) is 30.3 Å². The van der Waals surface area contributed by atoms with Crippen LogP contribution < -0.4 is 5.32 Å². The molecule has 23 heavy (non-hydrogen) atoms. The summed E-state index contributed by atoms with van der Waals surface area (Å²) in [4.78, 5) is 13.3. The Morgan fingerprint density at radius 1 is 1.04 bits per heavy atom. The zero-order valence-corrected chi connectivity index (χ0v) is 14.1. The average molecular weight is 347 g/mol. The standard InChI is InChI=1S/C17H17NO3S2/c19-17(18-13-6-2-1-3-7-13)15-8-4-5-9-16(15)22-14-10-11-23(20,21)12-14/h1-9,14H,10-12H2,(H,18,19)/t14-/m1/s1. The monoisotopic (exact) mass is 347 g/mol. The predicted octanol–water partition coefficient (Wildman–Crippen LogP) is 3.22. The topological polar surface area (TPSA) is 63.2 Å². The fourth-order valence-electron chi connectivity index (χ4n) is 2.51. The summed E-state index contributed by atoms with van der Waals surface area (Å²) in [7, 11) is -2.92. The van der Waals surface area contributed by atoms with E-state index in [1.165, 1.54) is 11.8 Å². The van der Waals surface area contributed by atoms with Gasteiger partial charge in [0.1, 0.15) is 0 Å². The summed E-state index contributed by atoms with van der Waals surface area (Å²) in [5.41, 5.74) is 1.31. The minimum Gasteiger partial charge on any atom is -0.322 e. The molecule has 0 radical (unpaired) electrons. The Balaban J connectivity index is 1.76. The summed E-state index contributed by atoms with van der Waals surface area (Å²) < 4.78 is 23.2. The third-order valence-corrected chi connectivity index (χ3v) is 6.97. The zero-order chi connectivity index (χ0) is 16.3. The number of para-hydroxylation sites is 1. The van der Waals surface area contributed by atoms with Gasteiger partial charge in [-0.2, -0.15) is 0 Å². The molecule has 0 aliphatic carbocycles. The highest BCUT2D eigenvalue weighted by Gasteiger charge is 2.29. The van der Waals surface area contributed by atoms with Crippen LogP contribution >= 0.6 is 11.8 Å². The van der Waals surface area contributed by atoms with Crippen LogP contribution in [0.2, 0.25) is 0 Å². The van der Waals surface area contributed by atoms with Gasteiger partial charge in [-0.3, -0.25) is 4.79 Å². The molecule has 1 aliphatic heterocycles. The molecule has 1 atom stereocenters. The van der Waals surface area contributed by atoms with Crippen molar-refractivity contribution < 1.29 is 13.2 Å². The fraction of sp³-hybridized carbons (Fsp3) is 0.235. The number of thioether (sulfide) groups is 1. The molecule has 2 aromatic carbocycles. The quantitative estimate of drug-likeness (QED) is 0.922. The molecule has 0 saturated carbocycles. The Labute approximate surface area is 140 Å². The van der Waals surface area contributed by atoms with Crippen LogP contribution in [0.5, 0.6) is 0 Å². The van der Waals surface area contributed by atoms with Gasteiger partial charge < -0.3 is 5.32 Å². The SMILES string of the molecule is O=C(Nc1ccccc1)c1ccccc1S[C@@H]1CCS(=O)(=O)C1. The Morgan fingerprint density at radius 2 is 1.74 bits per heavy atom. The fourth-order valence-corrected chi connectivity index (χ4v) is 6.14. The molecular formula is C17H17NO3S2. The number of hydrogen-bond acceptors (Lipinski definition) is 4. The number of carbonyl (C=O) groups excluding carboxylic acids is 1. The van der Waals surface area contributed by atoms with E-state index < -0.39 is 9.84 Å². The first-order chi connectivity index (χ1) is 11.0. The molecule has 0 unspecified atom stereocenters. The maximum atomic E-state index is 12.5. The van der Waals surface area contributed by atoms with Crippen molar-refractivity contribution in [2.45, 2.75) is 16.6 Å². The Kier molecular flexibility index (Phi) is 4.73. The molecular weight excluding hydrogens is 330 g/mol. The second kappa shape index (κ2) is 6.76. The summed E-state index contributed by atoms with van der Waals surface area (Å²) in [6.07, 6.45) is 0.641. The highest BCUT2D eigenvalue weighted by molar-refractivity contribution is 8.02. The van der Waals surface area contributed by atoms with Crippen molar-refractivity contribution in [1.82, 2.24) is 0 Å². The highest BCUT2D eigenvalue weighted by Crippen LogP contribution is 2.33. The lowest BCUT2D eigenvalue weighted by Gasteiger charge is -2.12. The van der Waals surface area contributed by atoms with E-state index in [9.17, 15) is 13.2 Å². The first-order valence-electron chi connectivity index (χ1n) is 7.36. The number of anilines is 1. The number of benzene rings is 2. The number of rotatable bonds is 4. The summed E-state index contributed by atoms with van der Waals surface area (Å²) >= 11 is 1.48. The van der Waals surface area contributed by atoms with E-state index in [-0.39, 0.29) is 22.7 Å². The van der Waals surface area contributed by atoms with Gasteiger partial charge in [-0.05, 0) is 30.7 Å². The van der Waals surface area contributed by atoms with Gasteiger partial charge in [0.15, 0.2) is 9.84 Å². The molecule has 1 fully saturated rings. The maximum absolute atomic E-state index is 12.5. The van der Waals surface area contributed by atoms with Gasteiger partial charge >= 0.3 is 0 Å². The van der Waals surface area contributed by atoms with E-state index in [0.717, 1.165) is 10.6 Å². The van der Waals surface area contributed by atoms with Crippen molar-refractivity contribution in [3.63, 3.8) is 0 Å². The average Bonchev–Trinajstić information content (AvgIpc) is 2.87. The van der Waals surface area contributed by atoms with Crippen molar-refractivity contribution in [1.29, 1.82) is 0 Å². The van der Waals surface area contributed by atoms with Crippen molar-refractivity contribution >= 4 is 33.2 Å². The van der Waals surface area contributed by atoms with Crippen molar-refractivity contribution in [2.75, 3.05) is 16.8 Å². The van der Waals surface area contributed by atoms with Crippen LogP contribution in [-0.2, 0) is 9.84 Å². The van der Waals surface area contributed by atoms with Crippen molar-refractivity contribution in [3.05, 3.63) is 60.2 Å². The van der Waals surface area contributed by atoms with Crippen LogP contribution in [0.1, 0.15) is 16.8 Å². The van der Waals surface area contributed by atoms with Gasteiger partial charge in [-0.25, -0.2) is 8.42 Å². The molecule has 1 N–H and O–H groups in total. The van der Waals surface area contributed by atoms with Gasteiger partial charge in [0, 0.05) is 15.8 Å². The molecule has 1 heterocycles. The van der Waals surface area contributed by atoms with E-state index in [4.69, 9.17) is 0 Å². The third kappa shape index (κ3) is 4.14. The lowest BCUT2D eigenvalue weighted by atomic mass is 10.2. The van der Waals surface area contributed by atoms with Gasteiger partial charge in [-0.15, -0.1) is 11.8 Å². The van der Waals surface area contributed by atoms with Crippen molar-refractivity contribution in [3.8, 4) is 0 Å². The zero-order valence-electron chi connectivity index (χ0n) is 12.4. The van der Waals surface area contributed by atoms with Crippen LogP contribution in [0.3, 0.4) is 0 Å². The summed E-state index contributed by atoms with van der Waals surface area (Å²) in [6, 6.07) is 16.6. The molecule has 120 valence electrons. The van der Waals surface area contributed by atoms with Crippen LogP contribution in [0.25, 0.3) is 0 Å². The minimum absolute atomic E-state index is 0.0191. The van der Waals surface area contributed by atoms with Crippen LogP contribution in [0.15, 0.2) is 59.5 Å². The van der Waals surface area contributed by atoms with Gasteiger partial charge in [0.25, 0.3) is 5.91 Å². The molecule has 0 bridgehead atoms. The minimum atomic E-state index is -2.92. The Morgan fingerprint density at radius 3 is 2.43 bits per heavy atom. The van der Waals surface area contributed by atoms with Crippen LogP contribution in [0.4, 0.5) is 5.69 Å². The molecule has 6 heteroatoms. The molecule has 1 amide bonds. The van der Waals surface area contributed by atoms with Crippen LogP contribution in [0, 0.1) is 0 Å². The first kappa shape index (κ1) is 16.1. The predicted molar refractivity (Wildman–Crippen MR) is 93.8 cm³/mol. The molecule has 0 aromatic heterocycles. The number of hydrogen-bond donors (Lipinski definition) is 1. The Bertz CT molecular complexity index is 804.